The molecule has 19 heavy (non-hydrogen) atoms. The zero-order valence-corrected chi connectivity index (χ0v) is 12.1. The van der Waals surface area contributed by atoms with Crippen LogP contribution in [0.5, 0.6) is 5.75 Å². The molecule has 0 saturated carbocycles. The lowest BCUT2D eigenvalue weighted by molar-refractivity contribution is 0.0988. The minimum absolute atomic E-state index is 0.0274. The van der Waals surface area contributed by atoms with Crippen LogP contribution >= 0.6 is 24.4 Å². The highest BCUT2D eigenvalue weighted by atomic mass is 32.2. The molecule has 1 atom stereocenters. The molecule has 2 rings (SSSR count). The number of ketones is 2. The Balaban J connectivity index is 2.33. The molecule has 1 N–H and O–H groups in total. The first-order valence-corrected chi connectivity index (χ1v) is 7.41. The van der Waals surface area contributed by atoms with Crippen LogP contribution < -0.4 is 0 Å². The quantitative estimate of drug-likeness (QED) is 0.660. The van der Waals surface area contributed by atoms with E-state index in [1.54, 1.807) is 12.1 Å². The fourth-order valence-corrected chi connectivity index (χ4v) is 3.54. The van der Waals surface area contributed by atoms with Crippen LogP contribution in [-0.4, -0.2) is 21.3 Å². The fraction of sp³-hybridized carbons (Fsp3) is 0.286. The van der Waals surface area contributed by atoms with Gasteiger partial charge in [-0.25, -0.2) is 0 Å². The van der Waals surface area contributed by atoms with Crippen LogP contribution in [0.4, 0.5) is 0 Å². The van der Waals surface area contributed by atoms with Crippen LogP contribution in [-0.2, 0) is 0 Å². The molecule has 0 heterocycles. The Morgan fingerprint density at radius 2 is 2.11 bits per heavy atom. The van der Waals surface area contributed by atoms with E-state index in [0.29, 0.717) is 4.91 Å². The molecule has 1 unspecified atom stereocenters. The zero-order chi connectivity index (χ0) is 14.0. The molecule has 0 bridgehead atoms. The van der Waals surface area contributed by atoms with Gasteiger partial charge in [-0.1, -0.05) is 25.5 Å². The van der Waals surface area contributed by atoms with Crippen molar-refractivity contribution in [2.75, 3.05) is 0 Å². The SMILES string of the molecule is CCCC(S)SC1=CC(=O)c2cccc(O)c2C1=O. The number of thiol groups is 1. The minimum atomic E-state index is -0.298. The van der Waals surface area contributed by atoms with E-state index in [2.05, 4.69) is 12.6 Å². The average Bonchev–Trinajstić information content (AvgIpc) is 2.35. The van der Waals surface area contributed by atoms with Gasteiger partial charge >= 0.3 is 0 Å². The highest BCUT2D eigenvalue weighted by molar-refractivity contribution is 8.13. The zero-order valence-electron chi connectivity index (χ0n) is 10.4. The van der Waals surface area contributed by atoms with Gasteiger partial charge in [-0.05, 0) is 12.5 Å². The van der Waals surface area contributed by atoms with Crippen molar-refractivity contribution in [1.82, 2.24) is 0 Å². The fourth-order valence-electron chi connectivity index (χ4n) is 1.91. The second kappa shape index (κ2) is 5.84. The number of benzene rings is 1. The van der Waals surface area contributed by atoms with E-state index in [0.717, 1.165) is 12.8 Å². The molecular formula is C14H14O3S2. The van der Waals surface area contributed by atoms with Crippen molar-refractivity contribution in [1.29, 1.82) is 0 Å². The smallest absolute Gasteiger partial charge is 0.203 e. The third-order valence-electron chi connectivity index (χ3n) is 2.82. The molecule has 0 spiro atoms. The van der Waals surface area contributed by atoms with Crippen LogP contribution in [0.2, 0.25) is 0 Å². The second-order valence-corrected chi connectivity index (χ2v) is 6.48. The lowest BCUT2D eigenvalue weighted by atomic mass is 9.94. The first-order valence-electron chi connectivity index (χ1n) is 6.02. The van der Waals surface area contributed by atoms with Crippen LogP contribution in [0.3, 0.4) is 0 Å². The average molecular weight is 294 g/mol. The third kappa shape index (κ3) is 2.87. The molecule has 0 fully saturated rings. The Bertz CT molecular complexity index is 564. The number of carbonyl (C=O) groups excluding carboxylic acids is 2. The Morgan fingerprint density at radius 3 is 2.79 bits per heavy atom. The minimum Gasteiger partial charge on any atom is -0.507 e. The molecule has 100 valence electrons. The molecule has 0 saturated heterocycles. The van der Waals surface area contributed by atoms with E-state index >= 15 is 0 Å². The second-order valence-electron chi connectivity index (χ2n) is 4.26. The van der Waals surface area contributed by atoms with Crippen molar-refractivity contribution < 1.29 is 14.7 Å². The predicted octanol–water partition coefficient (Wildman–Crippen LogP) is 3.44. The Hall–Kier alpha value is -1.20. The van der Waals surface area contributed by atoms with Crippen molar-refractivity contribution in [3.8, 4) is 5.75 Å². The van der Waals surface area contributed by atoms with E-state index in [1.807, 2.05) is 6.92 Å². The summed E-state index contributed by atoms with van der Waals surface area (Å²) in [6.45, 7) is 2.03. The maximum Gasteiger partial charge on any atom is 0.203 e. The summed E-state index contributed by atoms with van der Waals surface area (Å²) in [5, 5.41) is 9.77. The lowest BCUT2D eigenvalue weighted by Gasteiger charge is -2.17. The first kappa shape index (κ1) is 14.2. The van der Waals surface area contributed by atoms with Gasteiger partial charge in [0.15, 0.2) is 5.78 Å². The summed E-state index contributed by atoms with van der Waals surface area (Å²) in [4.78, 5) is 24.6. The number of carbonyl (C=O) groups is 2. The molecule has 0 radical (unpaired) electrons. The summed E-state index contributed by atoms with van der Waals surface area (Å²) in [6.07, 6.45) is 3.15. The van der Waals surface area contributed by atoms with Gasteiger partial charge in [-0.2, -0.15) is 12.6 Å². The van der Waals surface area contributed by atoms with Crippen molar-refractivity contribution >= 4 is 36.0 Å². The Morgan fingerprint density at radius 1 is 1.37 bits per heavy atom. The normalized spacial score (nSPS) is 16.0. The van der Waals surface area contributed by atoms with Gasteiger partial charge in [0.2, 0.25) is 5.78 Å². The molecule has 0 amide bonds. The third-order valence-corrected chi connectivity index (χ3v) is 4.46. The van der Waals surface area contributed by atoms with Gasteiger partial charge in [0, 0.05) is 11.6 Å². The number of thioether (sulfide) groups is 1. The first-order chi connectivity index (χ1) is 9.04. The molecule has 5 heteroatoms. The number of phenols is 1. The van der Waals surface area contributed by atoms with Crippen LogP contribution in [0, 0.1) is 0 Å². The molecule has 0 aliphatic heterocycles. The Labute approximate surface area is 121 Å². The molecule has 1 aromatic rings. The monoisotopic (exact) mass is 294 g/mol. The van der Waals surface area contributed by atoms with E-state index in [1.165, 1.54) is 23.9 Å². The van der Waals surface area contributed by atoms with Crippen molar-refractivity contribution in [2.24, 2.45) is 0 Å². The number of Topliss-reactive ketones (excluding diaryl/α,β-unsaturated/α-hetero) is 1. The van der Waals surface area contributed by atoms with Crippen LogP contribution in [0.25, 0.3) is 0 Å². The van der Waals surface area contributed by atoms with Crippen molar-refractivity contribution in [2.45, 2.75) is 24.3 Å². The number of hydrogen-bond acceptors (Lipinski definition) is 5. The summed E-state index contributed by atoms with van der Waals surface area (Å²) in [6, 6.07) is 4.53. The van der Waals surface area contributed by atoms with E-state index < -0.39 is 0 Å². The number of phenolic OH excluding ortho intramolecular Hbond substituents is 1. The Kier molecular flexibility index (Phi) is 4.37. The van der Waals surface area contributed by atoms with Gasteiger partial charge in [0.1, 0.15) is 5.75 Å². The molecule has 1 aliphatic rings. The summed E-state index contributed by atoms with van der Waals surface area (Å²) < 4.78 is -0.0274. The topological polar surface area (TPSA) is 54.4 Å². The number of hydrogen-bond donors (Lipinski definition) is 2. The van der Waals surface area contributed by atoms with Gasteiger partial charge < -0.3 is 5.11 Å². The highest BCUT2D eigenvalue weighted by Gasteiger charge is 2.29. The molecule has 1 aromatic carbocycles. The highest BCUT2D eigenvalue weighted by Crippen LogP contribution is 2.36. The predicted molar refractivity (Wildman–Crippen MR) is 80.1 cm³/mol. The van der Waals surface area contributed by atoms with Crippen molar-refractivity contribution in [3.63, 3.8) is 0 Å². The van der Waals surface area contributed by atoms with E-state index in [-0.39, 0.29) is 33.0 Å². The lowest BCUT2D eigenvalue weighted by Crippen LogP contribution is -2.16. The molecule has 1 aliphatic carbocycles. The number of allylic oxidation sites excluding steroid dienone is 2. The summed E-state index contributed by atoms with van der Waals surface area (Å²) in [7, 11) is 0. The van der Waals surface area contributed by atoms with Gasteiger partial charge in [-0.3, -0.25) is 9.59 Å². The summed E-state index contributed by atoms with van der Waals surface area (Å²) in [5.41, 5.74) is 0.370. The van der Waals surface area contributed by atoms with Gasteiger partial charge in [0.05, 0.1) is 15.1 Å². The van der Waals surface area contributed by atoms with Crippen molar-refractivity contribution in [3.05, 3.63) is 40.3 Å². The molecule has 3 nitrogen and oxygen atoms in total. The maximum absolute atomic E-state index is 12.3. The van der Waals surface area contributed by atoms with E-state index in [4.69, 9.17) is 0 Å². The molecular weight excluding hydrogens is 280 g/mol. The number of rotatable bonds is 4. The van der Waals surface area contributed by atoms with Crippen LogP contribution in [0.15, 0.2) is 29.2 Å². The van der Waals surface area contributed by atoms with E-state index in [9.17, 15) is 14.7 Å². The van der Waals surface area contributed by atoms with Gasteiger partial charge in [0.25, 0.3) is 0 Å². The number of fused-ring (bicyclic) bond motifs is 1. The number of aromatic hydroxyl groups is 1. The largest absolute Gasteiger partial charge is 0.507 e. The molecule has 0 aromatic heterocycles. The van der Waals surface area contributed by atoms with Gasteiger partial charge in [-0.15, -0.1) is 11.8 Å². The summed E-state index contributed by atoms with van der Waals surface area (Å²) in [5.74, 6) is -0.689. The summed E-state index contributed by atoms with van der Waals surface area (Å²) >= 11 is 5.66. The standard InChI is InChI=1S/C14H14O3S2/c1-2-4-12(18)19-11-7-10(16)8-5-3-6-9(15)13(8)14(11)17/h3,5-7,12,15,18H,2,4H2,1H3. The maximum atomic E-state index is 12.3. The van der Waals surface area contributed by atoms with Crippen LogP contribution in [0.1, 0.15) is 40.5 Å².